The molecule has 0 bridgehead atoms. The molecule has 5 amide bonds. The van der Waals surface area contributed by atoms with Crippen LogP contribution in [0, 0.1) is 17.8 Å². The van der Waals surface area contributed by atoms with Gasteiger partial charge in [0, 0.05) is 118 Å². The van der Waals surface area contributed by atoms with E-state index in [2.05, 4.69) is 26.6 Å². The van der Waals surface area contributed by atoms with Crippen molar-refractivity contribution in [1.29, 1.82) is 0 Å². The minimum atomic E-state index is -1.19. The van der Waals surface area contributed by atoms with Crippen LogP contribution in [0.1, 0.15) is 274 Å². The number of amides is 5. The van der Waals surface area contributed by atoms with Gasteiger partial charge >= 0.3 is 23.9 Å². The normalized spacial score (nSPS) is 12.3. The maximum absolute atomic E-state index is 13.0. The monoisotopic (exact) mass is 1590 g/mol. The van der Waals surface area contributed by atoms with Crippen molar-refractivity contribution in [3.8, 4) is 0 Å². The molecule has 0 heterocycles. The third kappa shape index (κ3) is 72.0. The fraction of sp³-hybridized carbons (Fsp3) is 0.825. The lowest BCUT2D eigenvalue weighted by Gasteiger charge is -2.16. The van der Waals surface area contributed by atoms with Gasteiger partial charge in [-0.3, -0.25) is 62.3 Å². The molecule has 111 heavy (non-hydrogen) atoms. The summed E-state index contributed by atoms with van der Waals surface area (Å²) in [5.41, 5.74) is 0. The van der Waals surface area contributed by atoms with Crippen LogP contribution in [0.2, 0.25) is 0 Å². The van der Waals surface area contributed by atoms with Gasteiger partial charge in [-0.1, -0.05) is 122 Å². The summed E-state index contributed by atoms with van der Waals surface area (Å²) in [7, 11) is 0. The first-order valence-electron chi connectivity index (χ1n) is 41.0. The molecule has 0 aliphatic rings. The highest BCUT2D eigenvalue weighted by Gasteiger charge is 2.25. The number of aliphatic carboxylic acids is 4. The van der Waals surface area contributed by atoms with E-state index in [0.717, 1.165) is 109 Å². The second-order valence-corrected chi connectivity index (χ2v) is 28.4. The van der Waals surface area contributed by atoms with Gasteiger partial charge < -0.3 is 84.9 Å². The number of hydrogen-bond donors (Lipinski definition) is 9. The number of carbonyl (C=O) groups is 14. The third-order valence-corrected chi connectivity index (χ3v) is 18.4. The smallest absolute Gasteiger partial charge is 0.326 e. The molecule has 0 saturated carbocycles. The third-order valence-electron chi connectivity index (χ3n) is 18.4. The van der Waals surface area contributed by atoms with Crippen molar-refractivity contribution in [2.45, 2.75) is 277 Å². The highest BCUT2D eigenvalue weighted by atomic mass is 16.5. The molecule has 0 aromatic carbocycles. The number of hydrogen-bond acceptors (Lipinski definition) is 22. The van der Waals surface area contributed by atoms with Gasteiger partial charge in [0.1, 0.15) is 55.6 Å². The Kier molecular flexibility index (Phi) is 70.1. The zero-order chi connectivity index (χ0) is 82.0. The molecule has 0 unspecified atom stereocenters. The highest BCUT2D eigenvalue weighted by Crippen LogP contribution is 2.21. The zero-order valence-electron chi connectivity index (χ0n) is 67.0. The predicted molar refractivity (Wildman–Crippen MR) is 417 cm³/mol. The molecular weight excluding hydrogens is 1450 g/mol. The number of unbranched alkanes of at least 4 members (excludes halogenated alkanes) is 20. The molecule has 9 N–H and O–H groups in total. The van der Waals surface area contributed by atoms with Gasteiger partial charge in [-0.2, -0.15) is 0 Å². The van der Waals surface area contributed by atoms with Crippen molar-refractivity contribution in [2.75, 3.05) is 132 Å². The van der Waals surface area contributed by atoms with Crippen LogP contribution in [0.5, 0.6) is 0 Å². The van der Waals surface area contributed by atoms with Crippen LogP contribution in [0.15, 0.2) is 0 Å². The Morgan fingerprint density at radius 3 is 1.11 bits per heavy atom. The summed E-state index contributed by atoms with van der Waals surface area (Å²) in [5, 5.41) is 50.0. The summed E-state index contributed by atoms with van der Waals surface area (Å²) in [6, 6.07) is -1.14. The minimum Gasteiger partial charge on any atom is -0.481 e. The molecule has 31 nitrogen and oxygen atoms in total. The van der Waals surface area contributed by atoms with Crippen molar-refractivity contribution in [3.63, 3.8) is 0 Å². The Morgan fingerprint density at radius 2 is 0.667 bits per heavy atom. The quantitative estimate of drug-likeness (QED) is 0.0256. The number of Topliss-reactive ketones (excluding diaryl/α,β-unsaturated/α-hetero) is 5. The van der Waals surface area contributed by atoms with E-state index in [4.69, 9.17) is 48.1 Å². The lowest BCUT2D eigenvalue weighted by molar-refractivity contribution is -0.144. The molecule has 4 atom stereocenters. The average molecular weight is 1590 g/mol. The molecule has 0 saturated heterocycles. The SMILES string of the molecule is CC(=O)[C@H](CCCCNC(=O)COCCOCCCC(=O)COCCOCCNC(=O)CC[C@H](CC(=O)CCCCCCCCCCCCC(=O)O)C(=O)O)CC(=O)[C@@H](C)CCCCNC(=O)COCCOCCNC(=O)COCCOCCCC(=O)CC[C@H](NC(=O)CCCCCCCCCCCCC(=O)O)C(=O)O.[HH].[HH]. The van der Waals surface area contributed by atoms with Crippen molar-refractivity contribution in [1.82, 2.24) is 26.6 Å². The molecule has 0 radical (unpaired) electrons. The second-order valence-electron chi connectivity index (χ2n) is 28.4. The van der Waals surface area contributed by atoms with E-state index in [-0.39, 0.29) is 250 Å². The molecule has 0 rings (SSSR count). The molecule has 0 aromatic heterocycles. The molecular formula is C80H143N5O26. The largest absolute Gasteiger partial charge is 0.481 e. The maximum atomic E-state index is 13.0. The first-order chi connectivity index (χ1) is 53.5. The van der Waals surface area contributed by atoms with E-state index in [1.54, 1.807) is 0 Å². The summed E-state index contributed by atoms with van der Waals surface area (Å²) < 4.78 is 43.4. The molecule has 0 aromatic rings. The number of ether oxygens (including phenoxy) is 8. The summed E-state index contributed by atoms with van der Waals surface area (Å²) in [6.45, 7) is 6.51. The van der Waals surface area contributed by atoms with Crippen LogP contribution in [0.25, 0.3) is 0 Å². The Labute approximate surface area is 661 Å². The predicted octanol–water partition coefficient (Wildman–Crippen LogP) is 9.24. The van der Waals surface area contributed by atoms with Gasteiger partial charge in [0.2, 0.25) is 29.5 Å². The van der Waals surface area contributed by atoms with Crippen LogP contribution in [0.4, 0.5) is 0 Å². The van der Waals surface area contributed by atoms with Crippen molar-refractivity contribution in [3.05, 3.63) is 0 Å². The minimum absolute atomic E-state index is 0. The highest BCUT2D eigenvalue weighted by molar-refractivity contribution is 5.88. The van der Waals surface area contributed by atoms with E-state index in [1.807, 2.05) is 6.92 Å². The van der Waals surface area contributed by atoms with Crippen LogP contribution in [-0.2, 0) is 105 Å². The molecule has 0 aliphatic carbocycles. The van der Waals surface area contributed by atoms with E-state index in [0.29, 0.717) is 96.7 Å². The van der Waals surface area contributed by atoms with Crippen LogP contribution in [0.3, 0.4) is 0 Å². The van der Waals surface area contributed by atoms with E-state index in [9.17, 15) is 77.3 Å². The number of carbonyl (C=O) groups excluding carboxylic acids is 10. The van der Waals surface area contributed by atoms with Gasteiger partial charge in [0.15, 0.2) is 5.78 Å². The molecule has 0 aliphatic heterocycles. The fourth-order valence-corrected chi connectivity index (χ4v) is 11.7. The zero-order valence-corrected chi connectivity index (χ0v) is 67.0. The molecule has 0 spiro atoms. The summed E-state index contributed by atoms with van der Waals surface area (Å²) >= 11 is 0. The van der Waals surface area contributed by atoms with Gasteiger partial charge in [0.05, 0.1) is 72.0 Å². The number of carboxylic acid groups (broad SMARTS) is 4. The van der Waals surface area contributed by atoms with Gasteiger partial charge in [-0.25, -0.2) is 4.79 Å². The first-order valence-corrected chi connectivity index (χ1v) is 41.0. The lowest BCUT2D eigenvalue weighted by atomic mass is 9.87. The Balaban J connectivity index is -0.0000605. The van der Waals surface area contributed by atoms with E-state index in [1.165, 1.54) is 6.92 Å². The molecule has 644 valence electrons. The Hall–Kier alpha value is -6.74. The van der Waals surface area contributed by atoms with E-state index < -0.39 is 41.8 Å². The number of ketones is 5. The lowest BCUT2D eigenvalue weighted by Crippen LogP contribution is -2.41. The number of carboxylic acids is 4. The number of rotatable bonds is 85. The molecule has 31 heteroatoms. The summed E-state index contributed by atoms with van der Waals surface area (Å²) in [5.74, 6) is -7.39. The maximum Gasteiger partial charge on any atom is 0.326 e. The van der Waals surface area contributed by atoms with Crippen LogP contribution >= 0.6 is 0 Å². The van der Waals surface area contributed by atoms with Gasteiger partial charge in [-0.05, 0) is 84.0 Å². The average Bonchev–Trinajstić information content (AvgIpc) is 0.924. The van der Waals surface area contributed by atoms with Gasteiger partial charge in [-0.15, -0.1) is 0 Å². The van der Waals surface area contributed by atoms with Gasteiger partial charge in [0.25, 0.3) is 0 Å². The van der Waals surface area contributed by atoms with Crippen LogP contribution < -0.4 is 26.6 Å². The summed E-state index contributed by atoms with van der Waals surface area (Å²) in [4.78, 5) is 168. The Bertz CT molecular complexity index is 2570. The Morgan fingerprint density at radius 1 is 0.288 bits per heavy atom. The van der Waals surface area contributed by atoms with E-state index >= 15 is 0 Å². The van der Waals surface area contributed by atoms with Crippen molar-refractivity contribution < 1.29 is 128 Å². The standard InChI is InChI=1S/C80H139N5O26.2H2/c1-63(29-23-25-41-81-74(93)61-111-56-52-107-48-44-84-76(95)62-110-55-49-104-45-27-32-67(87)38-39-70(80(102)103)85-73(92)34-20-16-12-8-4-6-10-14-18-22-36-78(98)99)71(90)58-65(64(2)86)30-24-26-42-82-75(94)60-109-54-50-105-46-28-33-69(89)59-108-53-51-106-47-43-83-72(91)40-37-66(79(100)101)57-68(88)31-19-15-11-7-3-5-9-13-17-21-35-77(96)97;;/h63,65-66,70H,3-62H2,1-2H3,(H,81,93)(H,82,94)(H,83,91)(H,84,95)(H,85,92)(H,96,97)(H,98,99)(H,100,101)(H,102,103);2*1H/t63-,65+,66+,70-;;/m0../s1. The van der Waals surface area contributed by atoms with Crippen molar-refractivity contribution >= 4 is 82.3 Å². The second kappa shape index (κ2) is 74.7. The number of nitrogens with one attached hydrogen (secondary N) is 5. The first kappa shape index (κ1) is 104. The van der Waals surface area contributed by atoms with Crippen molar-refractivity contribution in [2.24, 2.45) is 17.8 Å². The fourth-order valence-electron chi connectivity index (χ4n) is 11.7. The topological polar surface area (TPSA) is 454 Å². The summed E-state index contributed by atoms with van der Waals surface area (Å²) in [6.07, 6.45) is 25.4. The van der Waals surface area contributed by atoms with Crippen LogP contribution in [-0.4, -0.2) is 241 Å². The molecule has 0 fully saturated rings.